The Bertz CT molecular complexity index is 895. The van der Waals surface area contributed by atoms with Crippen LogP contribution in [0.15, 0.2) is 48.5 Å². The van der Waals surface area contributed by atoms with Crippen molar-refractivity contribution in [3.05, 3.63) is 54.1 Å². The molecule has 0 spiro atoms. The van der Waals surface area contributed by atoms with Crippen molar-refractivity contribution in [3.63, 3.8) is 0 Å². The molecule has 1 aliphatic carbocycles. The average molecular weight is 395 g/mol. The highest BCUT2D eigenvalue weighted by Crippen LogP contribution is 2.38. The molecule has 152 valence electrons. The van der Waals surface area contributed by atoms with Crippen LogP contribution in [0.5, 0.6) is 5.75 Å². The van der Waals surface area contributed by atoms with E-state index in [2.05, 4.69) is 16.0 Å². The van der Waals surface area contributed by atoms with Crippen molar-refractivity contribution in [2.75, 3.05) is 17.2 Å². The van der Waals surface area contributed by atoms with E-state index < -0.39 is 5.97 Å². The number of hydrogen-bond donors (Lipinski definition) is 3. The fraction of sp³-hybridized carbons (Fsp3) is 0.318. The third-order valence-electron chi connectivity index (χ3n) is 4.67. The zero-order chi connectivity index (χ0) is 20.8. The molecular formula is C22H25N3O4. The molecule has 0 aliphatic heterocycles. The van der Waals surface area contributed by atoms with Crippen LogP contribution >= 0.6 is 0 Å². The zero-order valence-corrected chi connectivity index (χ0v) is 16.5. The minimum Gasteiger partial charge on any atom is -0.423 e. The van der Waals surface area contributed by atoms with E-state index in [1.807, 2.05) is 13.8 Å². The lowest BCUT2D eigenvalue weighted by Gasteiger charge is -2.09. The van der Waals surface area contributed by atoms with Gasteiger partial charge in [-0.3, -0.25) is 4.79 Å². The molecule has 2 atom stereocenters. The van der Waals surface area contributed by atoms with Gasteiger partial charge in [0.25, 0.3) is 0 Å². The highest BCUT2D eigenvalue weighted by molar-refractivity contribution is 5.96. The van der Waals surface area contributed by atoms with Gasteiger partial charge in [0.15, 0.2) is 0 Å². The van der Waals surface area contributed by atoms with E-state index in [9.17, 15) is 14.4 Å². The standard InChI is InChI=1S/C22H25N3O4/c1-3-11-23-22(28)25-17-5-4-6-18(13-17)29-21(27)15-7-9-16(10-8-15)24-20(26)19-12-14(19)2/h4-10,13-14,19H,3,11-12H2,1-2H3,(H,24,26)(H2,23,25,28). The number of hydrogen-bond acceptors (Lipinski definition) is 4. The van der Waals surface area contributed by atoms with Gasteiger partial charge in [-0.15, -0.1) is 0 Å². The Hall–Kier alpha value is -3.35. The molecular weight excluding hydrogens is 370 g/mol. The first-order valence-corrected chi connectivity index (χ1v) is 9.74. The Morgan fingerprint density at radius 3 is 2.41 bits per heavy atom. The topological polar surface area (TPSA) is 96.5 Å². The molecule has 3 amide bonds. The number of amides is 3. The third-order valence-corrected chi connectivity index (χ3v) is 4.67. The number of carbonyl (C=O) groups is 3. The second kappa shape index (κ2) is 9.23. The molecule has 2 aromatic rings. The average Bonchev–Trinajstić information content (AvgIpc) is 3.44. The van der Waals surface area contributed by atoms with Gasteiger partial charge in [-0.2, -0.15) is 0 Å². The summed E-state index contributed by atoms with van der Waals surface area (Å²) in [6, 6.07) is 12.9. The largest absolute Gasteiger partial charge is 0.423 e. The Labute approximate surface area is 169 Å². The van der Waals surface area contributed by atoms with E-state index in [1.165, 1.54) is 0 Å². The summed E-state index contributed by atoms with van der Waals surface area (Å²) >= 11 is 0. The molecule has 3 N–H and O–H groups in total. The number of urea groups is 1. The van der Waals surface area contributed by atoms with E-state index in [0.29, 0.717) is 35.2 Å². The number of anilines is 2. The summed E-state index contributed by atoms with van der Waals surface area (Å²) in [4.78, 5) is 36.1. The van der Waals surface area contributed by atoms with Gasteiger partial charge in [-0.25, -0.2) is 9.59 Å². The molecule has 7 nitrogen and oxygen atoms in total. The first kappa shape index (κ1) is 20.4. The van der Waals surface area contributed by atoms with Crippen molar-refractivity contribution < 1.29 is 19.1 Å². The van der Waals surface area contributed by atoms with Crippen LogP contribution in [0.25, 0.3) is 0 Å². The zero-order valence-electron chi connectivity index (χ0n) is 16.5. The molecule has 2 aromatic carbocycles. The molecule has 1 fully saturated rings. The second-order valence-electron chi connectivity index (χ2n) is 7.18. The van der Waals surface area contributed by atoms with Crippen LogP contribution in [0.2, 0.25) is 0 Å². The molecule has 0 aromatic heterocycles. The smallest absolute Gasteiger partial charge is 0.343 e. The SMILES string of the molecule is CCCNC(=O)Nc1cccc(OC(=O)c2ccc(NC(=O)C3CC3C)cc2)c1. The van der Waals surface area contributed by atoms with E-state index in [-0.39, 0.29) is 17.9 Å². The van der Waals surface area contributed by atoms with Crippen LogP contribution in [0.4, 0.5) is 16.2 Å². The van der Waals surface area contributed by atoms with Crippen LogP contribution in [0.3, 0.4) is 0 Å². The molecule has 1 aliphatic rings. The molecule has 3 rings (SSSR count). The second-order valence-corrected chi connectivity index (χ2v) is 7.18. The maximum atomic E-state index is 12.4. The predicted molar refractivity (Wildman–Crippen MR) is 111 cm³/mol. The number of carbonyl (C=O) groups excluding carboxylic acids is 3. The fourth-order valence-corrected chi connectivity index (χ4v) is 2.83. The lowest BCUT2D eigenvalue weighted by molar-refractivity contribution is -0.117. The predicted octanol–water partition coefficient (Wildman–Crippen LogP) is 4.03. The first-order valence-electron chi connectivity index (χ1n) is 9.74. The van der Waals surface area contributed by atoms with Gasteiger partial charge >= 0.3 is 12.0 Å². The summed E-state index contributed by atoms with van der Waals surface area (Å²) in [6.07, 6.45) is 1.76. The van der Waals surface area contributed by atoms with Gasteiger partial charge in [-0.1, -0.05) is 19.9 Å². The van der Waals surface area contributed by atoms with Gasteiger partial charge < -0.3 is 20.7 Å². The summed E-state index contributed by atoms with van der Waals surface area (Å²) in [7, 11) is 0. The first-order chi connectivity index (χ1) is 14.0. The van der Waals surface area contributed by atoms with Gasteiger partial charge in [0.2, 0.25) is 5.91 Å². The third kappa shape index (κ3) is 5.81. The summed E-state index contributed by atoms with van der Waals surface area (Å²) in [5, 5.41) is 8.26. The number of nitrogens with one attached hydrogen (secondary N) is 3. The van der Waals surface area contributed by atoms with Gasteiger partial charge in [0.05, 0.1) is 5.56 Å². The number of ether oxygens (including phenoxy) is 1. The maximum absolute atomic E-state index is 12.4. The molecule has 1 saturated carbocycles. The van der Waals surface area contributed by atoms with Crippen LogP contribution in [-0.2, 0) is 4.79 Å². The highest BCUT2D eigenvalue weighted by atomic mass is 16.5. The van der Waals surface area contributed by atoms with Crippen molar-refractivity contribution in [1.29, 1.82) is 0 Å². The van der Waals surface area contributed by atoms with Crippen molar-refractivity contribution in [3.8, 4) is 5.75 Å². The van der Waals surface area contributed by atoms with E-state index in [0.717, 1.165) is 12.8 Å². The molecule has 0 bridgehead atoms. The Balaban J connectivity index is 1.56. The summed E-state index contributed by atoms with van der Waals surface area (Å²) < 4.78 is 5.39. The molecule has 0 saturated heterocycles. The van der Waals surface area contributed by atoms with E-state index >= 15 is 0 Å². The quantitative estimate of drug-likeness (QED) is 0.487. The van der Waals surface area contributed by atoms with Crippen molar-refractivity contribution in [2.45, 2.75) is 26.7 Å². The van der Waals surface area contributed by atoms with Gasteiger partial charge in [-0.05, 0) is 55.2 Å². The van der Waals surface area contributed by atoms with Crippen molar-refractivity contribution >= 4 is 29.3 Å². The summed E-state index contributed by atoms with van der Waals surface area (Å²) in [5.74, 6) is 0.339. The Kier molecular flexibility index (Phi) is 6.49. The molecule has 0 heterocycles. The fourth-order valence-electron chi connectivity index (χ4n) is 2.83. The summed E-state index contributed by atoms with van der Waals surface area (Å²) in [6.45, 7) is 4.59. The molecule has 29 heavy (non-hydrogen) atoms. The minimum absolute atomic E-state index is 0.0140. The van der Waals surface area contributed by atoms with Crippen LogP contribution in [0.1, 0.15) is 37.0 Å². The van der Waals surface area contributed by atoms with Crippen molar-refractivity contribution in [2.24, 2.45) is 11.8 Å². The normalized spacial score (nSPS) is 17.2. The van der Waals surface area contributed by atoms with Crippen LogP contribution in [0, 0.1) is 11.8 Å². The minimum atomic E-state index is -0.522. The maximum Gasteiger partial charge on any atom is 0.343 e. The van der Waals surface area contributed by atoms with E-state index in [1.54, 1.807) is 48.5 Å². The van der Waals surface area contributed by atoms with Crippen LogP contribution in [-0.4, -0.2) is 24.5 Å². The number of rotatable bonds is 7. The molecule has 2 unspecified atom stereocenters. The lowest BCUT2D eigenvalue weighted by Crippen LogP contribution is -2.29. The molecule has 0 radical (unpaired) electrons. The lowest BCUT2D eigenvalue weighted by atomic mass is 10.2. The van der Waals surface area contributed by atoms with Gasteiger partial charge in [0, 0.05) is 29.9 Å². The van der Waals surface area contributed by atoms with E-state index in [4.69, 9.17) is 4.74 Å². The number of benzene rings is 2. The Morgan fingerprint density at radius 1 is 1.03 bits per heavy atom. The monoisotopic (exact) mass is 395 g/mol. The number of esters is 1. The molecule has 7 heteroatoms. The van der Waals surface area contributed by atoms with Crippen molar-refractivity contribution in [1.82, 2.24) is 5.32 Å². The Morgan fingerprint density at radius 2 is 1.76 bits per heavy atom. The highest BCUT2D eigenvalue weighted by Gasteiger charge is 2.39. The van der Waals surface area contributed by atoms with Crippen LogP contribution < -0.4 is 20.7 Å². The van der Waals surface area contributed by atoms with Gasteiger partial charge in [0.1, 0.15) is 5.75 Å². The summed E-state index contributed by atoms with van der Waals surface area (Å²) in [5.41, 5.74) is 1.54.